The summed E-state index contributed by atoms with van der Waals surface area (Å²) in [6, 6.07) is 9.95. The molecule has 1 aromatic carbocycles. The van der Waals surface area contributed by atoms with E-state index >= 15 is 0 Å². The van der Waals surface area contributed by atoms with Crippen LogP contribution in [0, 0.1) is 5.92 Å². The van der Waals surface area contributed by atoms with Crippen LogP contribution in [0.1, 0.15) is 59.4 Å². The number of halogens is 1. The average molecular weight is 445 g/mol. The van der Waals surface area contributed by atoms with E-state index in [4.69, 9.17) is 21.4 Å². The Labute approximate surface area is 185 Å². The Morgan fingerprint density at radius 1 is 1.06 bits per heavy atom. The Morgan fingerprint density at radius 2 is 1.77 bits per heavy atom. The molecule has 7 nitrogen and oxygen atoms in total. The molecule has 8 heteroatoms. The first-order valence-corrected chi connectivity index (χ1v) is 10.7. The predicted octanol–water partition coefficient (Wildman–Crippen LogP) is 4.15. The fourth-order valence-electron chi connectivity index (χ4n) is 3.52. The SMILES string of the molecule is O=C(NCCCC(=O)c1ccc(OC2CCC(C(=O)O)CC2)cn1)c1ccc(Cl)cc1. The molecule has 2 N–H and O–H groups in total. The highest BCUT2D eigenvalue weighted by Gasteiger charge is 2.27. The third kappa shape index (κ3) is 6.79. The lowest BCUT2D eigenvalue weighted by molar-refractivity contribution is -0.143. The van der Waals surface area contributed by atoms with Gasteiger partial charge in [-0.25, -0.2) is 4.98 Å². The number of ether oxygens (including phenoxy) is 1. The second-order valence-corrected chi connectivity index (χ2v) is 8.03. The minimum Gasteiger partial charge on any atom is -0.489 e. The molecule has 3 rings (SSSR count). The highest BCUT2D eigenvalue weighted by atomic mass is 35.5. The minimum absolute atomic E-state index is 0.0248. The Hall–Kier alpha value is -2.93. The van der Waals surface area contributed by atoms with E-state index in [2.05, 4.69) is 10.3 Å². The number of carbonyl (C=O) groups excluding carboxylic acids is 2. The van der Waals surface area contributed by atoms with Gasteiger partial charge in [0.05, 0.1) is 18.2 Å². The molecule has 2 aromatic rings. The van der Waals surface area contributed by atoms with E-state index in [1.807, 2.05) is 0 Å². The molecule has 31 heavy (non-hydrogen) atoms. The summed E-state index contributed by atoms with van der Waals surface area (Å²) in [5, 5.41) is 12.4. The number of nitrogens with one attached hydrogen (secondary N) is 1. The second-order valence-electron chi connectivity index (χ2n) is 7.60. The van der Waals surface area contributed by atoms with Crippen LogP contribution in [0.5, 0.6) is 5.75 Å². The van der Waals surface area contributed by atoms with Crippen molar-refractivity contribution in [2.24, 2.45) is 5.92 Å². The van der Waals surface area contributed by atoms with Gasteiger partial charge in [0.25, 0.3) is 5.91 Å². The van der Waals surface area contributed by atoms with Crippen LogP contribution in [0.15, 0.2) is 42.6 Å². The molecule has 1 fully saturated rings. The summed E-state index contributed by atoms with van der Waals surface area (Å²) in [5.41, 5.74) is 0.871. The number of ketones is 1. The fourth-order valence-corrected chi connectivity index (χ4v) is 3.64. The van der Waals surface area contributed by atoms with Crippen molar-refractivity contribution in [3.8, 4) is 5.75 Å². The number of aromatic nitrogens is 1. The van der Waals surface area contributed by atoms with Crippen LogP contribution < -0.4 is 10.1 Å². The topological polar surface area (TPSA) is 106 Å². The van der Waals surface area contributed by atoms with Gasteiger partial charge >= 0.3 is 5.97 Å². The molecule has 0 unspecified atom stereocenters. The van der Waals surface area contributed by atoms with Gasteiger partial charge in [-0.05, 0) is 68.5 Å². The number of amides is 1. The number of Topliss-reactive ketones (excluding diaryl/α,β-unsaturated/α-hetero) is 1. The number of aliphatic carboxylic acids is 1. The van der Waals surface area contributed by atoms with E-state index in [0.29, 0.717) is 60.7 Å². The van der Waals surface area contributed by atoms with Gasteiger partial charge in [0.15, 0.2) is 5.78 Å². The summed E-state index contributed by atoms with van der Waals surface area (Å²) in [6.07, 6.45) is 4.88. The van der Waals surface area contributed by atoms with Gasteiger partial charge in [-0.3, -0.25) is 14.4 Å². The third-order valence-corrected chi connectivity index (χ3v) is 5.57. The van der Waals surface area contributed by atoms with Crippen molar-refractivity contribution in [2.75, 3.05) is 6.54 Å². The monoisotopic (exact) mass is 444 g/mol. The van der Waals surface area contributed by atoms with Crippen molar-refractivity contribution >= 4 is 29.3 Å². The maximum atomic E-state index is 12.3. The lowest BCUT2D eigenvalue weighted by Gasteiger charge is -2.26. The van der Waals surface area contributed by atoms with E-state index in [0.717, 1.165) is 0 Å². The number of carboxylic acid groups (broad SMARTS) is 1. The quantitative estimate of drug-likeness (QED) is 0.444. The molecule has 1 aliphatic rings. The van der Waals surface area contributed by atoms with E-state index in [1.54, 1.807) is 36.4 Å². The van der Waals surface area contributed by atoms with Crippen LogP contribution >= 0.6 is 11.6 Å². The summed E-state index contributed by atoms with van der Waals surface area (Å²) in [6.45, 7) is 0.382. The lowest BCUT2D eigenvalue weighted by Crippen LogP contribution is -2.27. The van der Waals surface area contributed by atoms with Crippen LogP contribution in [0.2, 0.25) is 5.02 Å². The third-order valence-electron chi connectivity index (χ3n) is 5.32. The molecule has 1 heterocycles. The first-order valence-electron chi connectivity index (χ1n) is 10.3. The molecule has 0 saturated heterocycles. The lowest BCUT2D eigenvalue weighted by atomic mass is 9.87. The zero-order chi connectivity index (χ0) is 22.2. The summed E-state index contributed by atoms with van der Waals surface area (Å²) in [5.74, 6) is -0.762. The maximum Gasteiger partial charge on any atom is 0.306 e. The largest absolute Gasteiger partial charge is 0.489 e. The van der Waals surface area contributed by atoms with Crippen LogP contribution in [0.25, 0.3) is 0 Å². The molecule has 0 radical (unpaired) electrons. The van der Waals surface area contributed by atoms with Gasteiger partial charge in [0.2, 0.25) is 0 Å². The molecular formula is C23H25ClN2O5. The first-order chi connectivity index (χ1) is 14.9. The molecule has 0 atom stereocenters. The highest BCUT2D eigenvalue weighted by molar-refractivity contribution is 6.30. The standard InChI is InChI=1S/C23H25ClN2O5/c24-17-7-3-15(4-8-17)22(28)25-13-1-2-21(27)20-12-11-19(14-26-20)31-18-9-5-16(6-10-18)23(29)30/h3-4,7-8,11-12,14,16,18H,1-2,5-6,9-10,13H2,(H,25,28)(H,29,30). The van der Waals surface area contributed by atoms with Crippen LogP contribution in [0.3, 0.4) is 0 Å². The van der Waals surface area contributed by atoms with Crippen molar-refractivity contribution in [1.82, 2.24) is 10.3 Å². The molecule has 1 saturated carbocycles. The Morgan fingerprint density at radius 3 is 2.39 bits per heavy atom. The highest BCUT2D eigenvalue weighted by Crippen LogP contribution is 2.27. The van der Waals surface area contributed by atoms with Crippen molar-refractivity contribution < 1.29 is 24.2 Å². The van der Waals surface area contributed by atoms with Crippen molar-refractivity contribution in [1.29, 1.82) is 0 Å². The van der Waals surface area contributed by atoms with Gasteiger partial charge in [-0.15, -0.1) is 0 Å². The van der Waals surface area contributed by atoms with Crippen molar-refractivity contribution in [2.45, 2.75) is 44.6 Å². The number of pyridine rings is 1. The van der Waals surface area contributed by atoms with Crippen LogP contribution in [-0.4, -0.2) is 40.4 Å². The average Bonchev–Trinajstić information content (AvgIpc) is 2.78. The van der Waals surface area contributed by atoms with Crippen molar-refractivity contribution in [3.63, 3.8) is 0 Å². The minimum atomic E-state index is -0.743. The number of carboxylic acids is 1. The normalized spacial score (nSPS) is 18.2. The smallest absolute Gasteiger partial charge is 0.306 e. The van der Waals surface area contributed by atoms with Gasteiger partial charge in [-0.2, -0.15) is 0 Å². The number of rotatable bonds is 9. The number of benzene rings is 1. The molecule has 1 aromatic heterocycles. The first kappa shape index (κ1) is 22.7. The van der Waals surface area contributed by atoms with E-state index in [-0.39, 0.29) is 30.1 Å². The molecule has 1 amide bonds. The molecule has 0 aliphatic heterocycles. The maximum absolute atomic E-state index is 12.3. The molecule has 0 bridgehead atoms. The predicted molar refractivity (Wildman–Crippen MR) is 116 cm³/mol. The number of hydrogen-bond acceptors (Lipinski definition) is 5. The zero-order valence-corrected chi connectivity index (χ0v) is 17.8. The van der Waals surface area contributed by atoms with Gasteiger partial charge in [-0.1, -0.05) is 11.6 Å². The van der Waals surface area contributed by atoms with Crippen LogP contribution in [-0.2, 0) is 4.79 Å². The van der Waals surface area contributed by atoms with Crippen LogP contribution in [0.4, 0.5) is 0 Å². The Bertz CT molecular complexity index is 907. The summed E-state index contributed by atoms with van der Waals surface area (Å²) in [4.78, 5) is 39.5. The molecule has 164 valence electrons. The fraction of sp³-hybridized carbons (Fsp3) is 0.391. The second kappa shape index (κ2) is 10.9. The summed E-state index contributed by atoms with van der Waals surface area (Å²) < 4.78 is 5.87. The van der Waals surface area contributed by atoms with Gasteiger partial charge in [0, 0.05) is 23.6 Å². The zero-order valence-electron chi connectivity index (χ0n) is 17.1. The van der Waals surface area contributed by atoms with Crippen molar-refractivity contribution in [3.05, 3.63) is 58.9 Å². The summed E-state index contributed by atoms with van der Waals surface area (Å²) in [7, 11) is 0. The van der Waals surface area contributed by atoms with E-state index < -0.39 is 5.97 Å². The Balaban J connectivity index is 1.38. The van der Waals surface area contributed by atoms with E-state index in [9.17, 15) is 14.4 Å². The summed E-state index contributed by atoms with van der Waals surface area (Å²) >= 11 is 5.81. The van der Waals surface area contributed by atoms with E-state index in [1.165, 1.54) is 6.20 Å². The molecule has 1 aliphatic carbocycles. The van der Waals surface area contributed by atoms with Gasteiger partial charge < -0.3 is 15.2 Å². The number of hydrogen-bond donors (Lipinski definition) is 2. The number of carbonyl (C=O) groups is 3. The number of nitrogens with zero attached hydrogens (tertiary/aromatic N) is 1. The van der Waals surface area contributed by atoms with Gasteiger partial charge in [0.1, 0.15) is 11.4 Å². The Kier molecular flexibility index (Phi) is 8.00. The molecular weight excluding hydrogens is 420 g/mol. The molecule has 0 spiro atoms.